The molecule has 1 heterocycles. The fraction of sp³-hybridized carbons (Fsp3) is 0.250. The van der Waals surface area contributed by atoms with Crippen LogP contribution in [-0.4, -0.2) is 15.4 Å². The van der Waals surface area contributed by atoms with E-state index in [-0.39, 0.29) is 5.69 Å². The Bertz CT molecular complexity index is 607. The van der Waals surface area contributed by atoms with Crippen LogP contribution >= 0.6 is 11.8 Å². The van der Waals surface area contributed by atoms with Crippen molar-refractivity contribution in [1.82, 2.24) is 9.13 Å². The molecule has 0 N–H and O–H groups in total. The van der Waals surface area contributed by atoms with Crippen molar-refractivity contribution in [2.24, 2.45) is 7.05 Å². The second-order valence-corrected chi connectivity index (χ2v) is 4.37. The van der Waals surface area contributed by atoms with Crippen molar-refractivity contribution >= 4 is 28.5 Å². The van der Waals surface area contributed by atoms with Gasteiger partial charge in [-0.25, -0.2) is 4.79 Å². The maximum atomic E-state index is 12.1. The molecule has 0 atom stereocenters. The molecule has 1 aromatic heterocycles. The minimum Gasteiger partial charge on any atom is -0.295 e. The zero-order valence-electron chi connectivity index (χ0n) is 9.60. The van der Waals surface area contributed by atoms with Gasteiger partial charge >= 0.3 is 5.69 Å². The summed E-state index contributed by atoms with van der Waals surface area (Å²) in [7, 11) is 1.80. The highest BCUT2D eigenvalue weighted by Crippen LogP contribution is 2.16. The van der Waals surface area contributed by atoms with Crippen LogP contribution < -0.4 is 5.69 Å². The fourth-order valence-electron chi connectivity index (χ4n) is 1.86. The molecule has 0 fully saturated rings. The van der Waals surface area contributed by atoms with Crippen molar-refractivity contribution in [3.05, 3.63) is 40.2 Å². The molecule has 2 aromatic rings. The molecule has 0 bridgehead atoms. The smallest absolute Gasteiger partial charge is 0.295 e. The molecule has 0 saturated heterocycles. The predicted octanol–water partition coefficient (Wildman–Crippen LogP) is 2.52. The van der Waals surface area contributed by atoms with Gasteiger partial charge in [0.15, 0.2) is 0 Å². The molecule has 0 saturated carbocycles. The molecule has 16 heavy (non-hydrogen) atoms. The summed E-state index contributed by atoms with van der Waals surface area (Å²) in [6.07, 6.45) is 1.99. The number of fused-ring (bicyclic) bond motifs is 1. The van der Waals surface area contributed by atoms with Gasteiger partial charge in [-0.1, -0.05) is 12.1 Å². The molecular formula is C12H14N2OS. The average Bonchev–Trinajstić information content (AvgIpc) is 2.53. The summed E-state index contributed by atoms with van der Waals surface area (Å²) < 4.78 is 3.42. The minimum atomic E-state index is 0.00370. The van der Waals surface area contributed by atoms with Crippen LogP contribution in [0, 0.1) is 0 Å². The summed E-state index contributed by atoms with van der Waals surface area (Å²) in [5, 5.41) is 1.98. The Hall–Kier alpha value is -1.42. The molecule has 0 aliphatic carbocycles. The SMILES string of the molecule is CS/C=C(/C)n1c(=O)n(C)c2ccccc21. The summed E-state index contributed by atoms with van der Waals surface area (Å²) in [4.78, 5) is 12.1. The van der Waals surface area contributed by atoms with E-state index in [4.69, 9.17) is 0 Å². The first-order chi connectivity index (χ1) is 7.66. The molecule has 4 heteroatoms. The van der Waals surface area contributed by atoms with Gasteiger partial charge in [0, 0.05) is 12.7 Å². The Labute approximate surface area is 98.4 Å². The van der Waals surface area contributed by atoms with Crippen LogP contribution in [0.1, 0.15) is 6.92 Å². The van der Waals surface area contributed by atoms with Gasteiger partial charge in [0.25, 0.3) is 0 Å². The average molecular weight is 234 g/mol. The summed E-state index contributed by atoms with van der Waals surface area (Å²) in [5.74, 6) is 0. The molecule has 0 radical (unpaired) electrons. The third kappa shape index (κ3) is 1.59. The summed E-state index contributed by atoms with van der Waals surface area (Å²) >= 11 is 1.60. The van der Waals surface area contributed by atoms with Gasteiger partial charge in [0.1, 0.15) is 0 Å². The van der Waals surface area contributed by atoms with Crippen LogP contribution in [0.5, 0.6) is 0 Å². The second-order valence-electron chi connectivity index (χ2n) is 3.66. The van der Waals surface area contributed by atoms with Gasteiger partial charge in [-0.3, -0.25) is 9.13 Å². The molecule has 3 nitrogen and oxygen atoms in total. The highest BCUT2D eigenvalue weighted by molar-refractivity contribution is 8.01. The molecule has 0 unspecified atom stereocenters. The second kappa shape index (κ2) is 4.22. The topological polar surface area (TPSA) is 26.9 Å². The van der Waals surface area contributed by atoms with E-state index < -0.39 is 0 Å². The number of hydrogen-bond acceptors (Lipinski definition) is 2. The van der Waals surface area contributed by atoms with Crippen LogP contribution in [0.2, 0.25) is 0 Å². The Kier molecular flexibility index (Phi) is 2.92. The van der Waals surface area contributed by atoms with Crippen molar-refractivity contribution < 1.29 is 0 Å². The lowest BCUT2D eigenvalue weighted by atomic mass is 10.3. The van der Waals surface area contributed by atoms with Crippen LogP contribution in [-0.2, 0) is 7.05 Å². The maximum Gasteiger partial charge on any atom is 0.333 e. The lowest BCUT2D eigenvalue weighted by Crippen LogP contribution is -2.20. The van der Waals surface area contributed by atoms with Crippen molar-refractivity contribution in [3.8, 4) is 0 Å². The maximum absolute atomic E-state index is 12.1. The molecule has 1 aromatic carbocycles. The van der Waals surface area contributed by atoms with E-state index in [2.05, 4.69) is 0 Å². The Morgan fingerprint density at radius 3 is 2.56 bits per heavy atom. The third-order valence-corrected chi connectivity index (χ3v) is 3.18. The Morgan fingerprint density at radius 1 is 1.31 bits per heavy atom. The van der Waals surface area contributed by atoms with Crippen molar-refractivity contribution in [2.45, 2.75) is 6.92 Å². The quantitative estimate of drug-likeness (QED) is 0.798. The fourth-order valence-corrected chi connectivity index (χ4v) is 2.30. The molecular weight excluding hydrogens is 220 g/mol. The van der Waals surface area contributed by atoms with Crippen LogP contribution in [0.25, 0.3) is 16.7 Å². The number of hydrogen-bond donors (Lipinski definition) is 0. The first-order valence-electron chi connectivity index (χ1n) is 5.03. The lowest BCUT2D eigenvalue weighted by Gasteiger charge is -2.01. The molecule has 0 amide bonds. The highest BCUT2D eigenvalue weighted by Gasteiger charge is 2.10. The zero-order chi connectivity index (χ0) is 11.7. The number of para-hydroxylation sites is 2. The van der Waals surface area contributed by atoms with Gasteiger partial charge in [-0.15, -0.1) is 11.8 Å². The van der Waals surface area contributed by atoms with E-state index >= 15 is 0 Å². The largest absolute Gasteiger partial charge is 0.333 e. The molecule has 2 rings (SSSR count). The van der Waals surface area contributed by atoms with E-state index in [1.54, 1.807) is 27.9 Å². The number of rotatable bonds is 2. The number of imidazole rings is 1. The predicted molar refractivity (Wildman–Crippen MR) is 70.6 cm³/mol. The molecule has 0 aliphatic heterocycles. The third-order valence-electron chi connectivity index (χ3n) is 2.60. The number of benzene rings is 1. The van der Waals surface area contributed by atoms with Crippen LogP contribution in [0.4, 0.5) is 0 Å². The van der Waals surface area contributed by atoms with Crippen LogP contribution in [0.15, 0.2) is 34.5 Å². The van der Waals surface area contributed by atoms with E-state index in [9.17, 15) is 4.79 Å². The number of aromatic nitrogens is 2. The summed E-state index contributed by atoms with van der Waals surface area (Å²) in [6.45, 7) is 1.95. The van der Waals surface area contributed by atoms with Crippen molar-refractivity contribution in [2.75, 3.05) is 6.26 Å². The van der Waals surface area contributed by atoms with Gasteiger partial charge in [-0.05, 0) is 30.7 Å². The summed E-state index contributed by atoms with van der Waals surface area (Å²) in [6, 6.07) is 7.82. The normalized spacial score (nSPS) is 12.3. The molecule has 84 valence electrons. The van der Waals surface area contributed by atoms with Gasteiger partial charge < -0.3 is 0 Å². The molecule has 0 spiro atoms. The number of nitrogens with zero attached hydrogens (tertiary/aromatic N) is 2. The highest BCUT2D eigenvalue weighted by atomic mass is 32.2. The van der Waals surface area contributed by atoms with Crippen molar-refractivity contribution in [1.29, 1.82) is 0 Å². The van der Waals surface area contributed by atoms with E-state index in [1.807, 2.05) is 42.9 Å². The summed E-state index contributed by atoms with van der Waals surface area (Å²) in [5.41, 5.74) is 2.87. The Balaban J connectivity index is 2.84. The monoisotopic (exact) mass is 234 g/mol. The molecule has 0 aliphatic rings. The minimum absolute atomic E-state index is 0.00370. The van der Waals surface area contributed by atoms with Gasteiger partial charge in [-0.2, -0.15) is 0 Å². The van der Waals surface area contributed by atoms with Crippen LogP contribution in [0.3, 0.4) is 0 Å². The van der Waals surface area contributed by atoms with Gasteiger partial charge in [0.2, 0.25) is 0 Å². The number of allylic oxidation sites excluding steroid dienone is 1. The standard InChI is InChI=1S/C12H14N2OS/c1-9(8-16-3)14-11-7-5-4-6-10(11)13(2)12(14)15/h4-8H,1-3H3/b9-8-. The lowest BCUT2D eigenvalue weighted by molar-refractivity contribution is 0.852. The number of thioether (sulfide) groups is 1. The van der Waals surface area contributed by atoms with E-state index in [1.165, 1.54) is 0 Å². The van der Waals surface area contributed by atoms with E-state index in [0.29, 0.717) is 0 Å². The first-order valence-corrected chi connectivity index (χ1v) is 6.32. The zero-order valence-corrected chi connectivity index (χ0v) is 10.4. The number of aryl methyl sites for hydroxylation is 1. The Morgan fingerprint density at radius 2 is 1.94 bits per heavy atom. The van der Waals surface area contributed by atoms with Crippen molar-refractivity contribution in [3.63, 3.8) is 0 Å². The van der Waals surface area contributed by atoms with E-state index in [0.717, 1.165) is 16.7 Å². The van der Waals surface area contributed by atoms with Gasteiger partial charge in [0.05, 0.1) is 11.0 Å². The first kappa shape index (κ1) is 11.1.